The molecule has 0 atom stereocenters. The monoisotopic (exact) mass is 724 g/mol. The summed E-state index contributed by atoms with van der Waals surface area (Å²) in [5, 5.41) is 0.879. The number of ether oxygens (including phenoxy) is 1. The smallest absolute Gasteiger partial charge is 0.337 e. The van der Waals surface area contributed by atoms with Crippen LogP contribution in [0.15, 0.2) is 101 Å². The van der Waals surface area contributed by atoms with Crippen molar-refractivity contribution in [1.29, 1.82) is 0 Å². The van der Waals surface area contributed by atoms with Gasteiger partial charge in [-0.05, 0) is 85.4 Å². The molecule has 262 valence electrons. The summed E-state index contributed by atoms with van der Waals surface area (Å²) in [6, 6.07) is 24.2. The number of likely N-dealkylation sites (tertiary alicyclic amines) is 1. The summed E-state index contributed by atoms with van der Waals surface area (Å²) >= 11 is 0. The fourth-order valence-electron chi connectivity index (χ4n) is 7.02. The Kier molecular flexibility index (Phi) is 8.90. The number of rotatable bonds is 8. The van der Waals surface area contributed by atoms with Crippen LogP contribution in [0.4, 0.5) is 0 Å². The third kappa shape index (κ3) is 6.37. The number of hydrogen-bond donors (Lipinski definition) is 1. The molecule has 0 aliphatic carbocycles. The van der Waals surface area contributed by atoms with E-state index in [0.717, 1.165) is 5.56 Å². The first-order valence-electron chi connectivity index (χ1n) is 16.4. The topological polar surface area (TPSA) is 148 Å². The van der Waals surface area contributed by atoms with Crippen LogP contribution >= 0.6 is 0 Å². The molecule has 0 radical (unpaired) electrons. The highest BCUT2D eigenvalue weighted by Crippen LogP contribution is 2.37. The lowest BCUT2D eigenvalue weighted by molar-refractivity contribution is 0.0600. The number of carbonyl (C=O) groups is 1. The zero-order valence-electron chi connectivity index (χ0n) is 28.3. The van der Waals surface area contributed by atoms with E-state index in [2.05, 4.69) is 14.9 Å². The Morgan fingerprint density at radius 1 is 0.922 bits per heavy atom. The van der Waals surface area contributed by atoms with Crippen molar-refractivity contribution >= 4 is 47.8 Å². The van der Waals surface area contributed by atoms with Crippen molar-refractivity contribution in [3.8, 4) is 22.4 Å². The Morgan fingerprint density at radius 2 is 1.57 bits per heavy atom. The van der Waals surface area contributed by atoms with Crippen LogP contribution in [0.1, 0.15) is 34.3 Å². The van der Waals surface area contributed by atoms with Crippen LogP contribution in [-0.2, 0) is 31.1 Å². The third-order valence-corrected chi connectivity index (χ3v) is 13.1. The molecular weight excluding hydrogens is 689 g/mol. The lowest BCUT2D eigenvalue weighted by atomic mass is 9.97. The minimum absolute atomic E-state index is 0.101. The van der Waals surface area contributed by atoms with E-state index in [1.54, 1.807) is 60.7 Å². The number of aryl methyl sites for hydroxylation is 1. The number of esters is 1. The molecule has 4 heterocycles. The Hall–Kier alpha value is -5.11. The lowest BCUT2D eigenvalue weighted by Gasteiger charge is -2.31. The Morgan fingerprint density at radius 3 is 2.20 bits per heavy atom. The fourth-order valence-corrected chi connectivity index (χ4v) is 9.59. The molecule has 0 amide bonds. The van der Waals surface area contributed by atoms with Crippen LogP contribution < -0.4 is 5.56 Å². The second-order valence-corrected chi connectivity index (χ2v) is 17.0. The number of aromatic amines is 1. The number of piperidine rings is 1. The first-order valence-corrected chi connectivity index (χ1v) is 19.8. The number of aromatic nitrogens is 3. The summed E-state index contributed by atoms with van der Waals surface area (Å²) in [6.45, 7) is 3.82. The summed E-state index contributed by atoms with van der Waals surface area (Å²) in [4.78, 5) is 35.3. The Balaban J connectivity index is 1.35. The molecule has 0 spiro atoms. The van der Waals surface area contributed by atoms with Gasteiger partial charge in [0.25, 0.3) is 15.6 Å². The van der Waals surface area contributed by atoms with Crippen LogP contribution in [0.2, 0.25) is 0 Å². The maximum atomic E-state index is 14.4. The van der Waals surface area contributed by atoms with Crippen LogP contribution in [0, 0.1) is 6.92 Å². The van der Waals surface area contributed by atoms with E-state index < -0.39 is 25.8 Å². The maximum Gasteiger partial charge on any atom is 0.337 e. The largest absolute Gasteiger partial charge is 0.465 e. The van der Waals surface area contributed by atoms with Gasteiger partial charge in [-0.25, -0.2) is 30.6 Å². The summed E-state index contributed by atoms with van der Waals surface area (Å²) < 4.78 is 58.9. The number of hydrogen-bond acceptors (Lipinski definition) is 9. The van der Waals surface area contributed by atoms with Crippen molar-refractivity contribution in [3.63, 3.8) is 0 Å². The van der Waals surface area contributed by atoms with Gasteiger partial charge in [0.1, 0.15) is 9.84 Å². The lowest BCUT2D eigenvalue weighted by Crippen LogP contribution is -2.38. The third-order valence-electron chi connectivity index (χ3n) is 9.69. The average Bonchev–Trinajstić information content (AvgIpc) is 3.52. The molecule has 3 aromatic carbocycles. The van der Waals surface area contributed by atoms with Crippen molar-refractivity contribution < 1.29 is 26.4 Å². The molecule has 1 aliphatic rings. The highest BCUT2D eigenvalue weighted by atomic mass is 32.2. The van der Waals surface area contributed by atoms with Gasteiger partial charge in [-0.2, -0.15) is 0 Å². The zero-order valence-corrected chi connectivity index (χ0v) is 29.9. The molecule has 0 unspecified atom stereocenters. The van der Waals surface area contributed by atoms with Crippen molar-refractivity contribution in [2.24, 2.45) is 0 Å². The molecule has 1 N–H and O–H groups in total. The molecule has 13 heteroatoms. The van der Waals surface area contributed by atoms with Crippen molar-refractivity contribution in [2.45, 2.75) is 36.5 Å². The number of sulfone groups is 1. The first kappa shape index (κ1) is 34.3. The van der Waals surface area contributed by atoms with E-state index in [4.69, 9.17) is 4.74 Å². The molecule has 1 saturated heterocycles. The molecule has 51 heavy (non-hydrogen) atoms. The second kappa shape index (κ2) is 13.2. The van der Waals surface area contributed by atoms with E-state index in [-0.39, 0.29) is 21.4 Å². The van der Waals surface area contributed by atoms with Crippen molar-refractivity contribution in [2.75, 3.05) is 26.5 Å². The first-order chi connectivity index (χ1) is 24.4. The molecule has 3 aromatic heterocycles. The number of nitrogens with one attached hydrogen (secondary N) is 1. The van der Waals surface area contributed by atoms with Gasteiger partial charge >= 0.3 is 5.97 Å². The predicted octanol–water partition coefficient (Wildman–Crippen LogP) is 5.55. The molecular formula is C38H36N4O7S2. The number of fused-ring (bicyclic) bond motifs is 3. The highest BCUT2D eigenvalue weighted by molar-refractivity contribution is 7.91. The number of methoxy groups -OCH3 is 1. The summed E-state index contributed by atoms with van der Waals surface area (Å²) in [6.07, 6.45) is 3.97. The molecule has 11 nitrogen and oxygen atoms in total. The van der Waals surface area contributed by atoms with Gasteiger partial charge in [0, 0.05) is 23.6 Å². The van der Waals surface area contributed by atoms with E-state index in [0.29, 0.717) is 82.3 Å². The standard InChI is InChI=1S/C38H36N4O7S2/c1-24-34(27-13-15-28(16-14-27)38(44)49-2)37(43)40-32-22-39-36-31(35(24)32)21-33(42(36)51(47,48)30-7-5-4-6-8-30)26-11-9-25(10-12-26)23-41-19-17-29(18-20-41)50(3,45)46/h4-16,21-22,29H,17-20,23H2,1-3H3,(H,40,43). The van der Waals surface area contributed by atoms with Crippen LogP contribution in [-0.4, -0.2) is 73.4 Å². The van der Waals surface area contributed by atoms with Crippen molar-refractivity contribution in [1.82, 2.24) is 18.8 Å². The van der Waals surface area contributed by atoms with Crippen molar-refractivity contribution in [3.05, 3.63) is 118 Å². The fraction of sp³-hybridized carbons (Fsp3) is 0.237. The van der Waals surface area contributed by atoms with Gasteiger partial charge in [0.2, 0.25) is 0 Å². The molecule has 1 fully saturated rings. The summed E-state index contributed by atoms with van der Waals surface area (Å²) in [5.74, 6) is -0.491. The van der Waals surface area contributed by atoms with Crippen LogP contribution in [0.5, 0.6) is 0 Å². The van der Waals surface area contributed by atoms with Crippen LogP contribution in [0.25, 0.3) is 44.3 Å². The Bertz CT molecular complexity index is 2570. The highest BCUT2D eigenvalue weighted by Gasteiger charge is 2.28. The van der Waals surface area contributed by atoms with Gasteiger partial charge in [-0.3, -0.25) is 9.69 Å². The van der Waals surface area contributed by atoms with E-state index in [1.807, 2.05) is 31.2 Å². The molecule has 0 saturated carbocycles. The summed E-state index contributed by atoms with van der Waals surface area (Å²) in [5.41, 5.74) is 4.34. The number of nitrogens with zero attached hydrogens (tertiary/aromatic N) is 3. The molecule has 6 aromatic rings. The summed E-state index contributed by atoms with van der Waals surface area (Å²) in [7, 11) is -5.90. The van der Waals surface area contributed by atoms with Gasteiger partial charge < -0.3 is 9.72 Å². The number of pyridine rings is 2. The van der Waals surface area contributed by atoms with Gasteiger partial charge in [0.05, 0.1) is 45.8 Å². The van der Waals surface area contributed by atoms with Crippen LogP contribution in [0.3, 0.4) is 0 Å². The number of H-pyrrole nitrogens is 1. The SMILES string of the molecule is COC(=O)c1ccc(-c2c(C)c3c(cnc4c3cc(-c3ccc(CN5CCC(S(C)(=O)=O)CC5)cc3)n4S(=O)(=O)c3ccccc3)[nH]c2=O)cc1. The van der Waals surface area contributed by atoms with E-state index >= 15 is 0 Å². The number of benzene rings is 3. The second-order valence-electron chi connectivity index (χ2n) is 12.9. The average molecular weight is 725 g/mol. The molecule has 0 bridgehead atoms. The van der Waals surface area contributed by atoms with E-state index in [1.165, 1.54) is 23.5 Å². The Labute approximate surface area is 295 Å². The van der Waals surface area contributed by atoms with E-state index in [9.17, 15) is 26.4 Å². The zero-order chi connectivity index (χ0) is 36.1. The quantitative estimate of drug-likeness (QED) is 0.200. The maximum absolute atomic E-state index is 14.4. The van der Waals surface area contributed by atoms with Gasteiger partial charge in [-0.15, -0.1) is 0 Å². The van der Waals surface area contributed by atoms with Gasteiger partial charge in [0.15, 0.2) is 5.65 Å². The molecule has 1 aliphatic heterocycles. The number of carbonyl (C=O) groups excluding carboxylic acids is 1. The minimum Gasteiger partial charge on any atom is -0.465 e. The molecule has 7 rings (SSSR count). The minimum atomic E-state index is -4.14. The van der Waals surface area contributed by atoms with Gasteiger partial charge in [-0.1, -0.05) is 54.6 Å². The normalized spacial score (nSPS) is 14.6. The predicted molar refractivity (Wildman–Crippen MR) is 197 cm³/mol.